The number of fused-ring (bicyclic) bond motifs is 1. The third kappa shape index (κ3) is 3.73. The fraction of sp³-hybridized carbons (Fsp3) is 0.269. The highest BCUT2D eigenvalue weighted by Crippen LogP contribution is 2.34. The topological polar surface area (TPSA) is 64.2 Å². The van der Waals surface area contributed by atoms with Crippen molar-refractivity contribution in [2.24, 2.45) is 7.05 Å². The molecule has 0 radical (unpaired) electrons. The number of benzene rings is 2. The van der Waals surface area contributed by atoms with Crippen LogP contribution < -0.4 is 0 Å². The van der Waals surface area contributed by atoms with Crippen molar-refractivity contribution in [2.45, 2.75) is 32.2 Å². The van der Waals surface area contributed by atoms with E-state index in [0.717, 1.165) is 16.7 Å². The summed E-state index contributed by atoms with van der Waals surface area (Å²) in [5.74, 6) is 1.02. The van der Waals surface area contributed by atoms with Crippen molar-refractivity contribution in [1.82, 2.24) is 19.8 Å². The van der Waals surface area contributed by atoms with Gasteiger partial charge in [-0.15, -0.1) is 0 Å². The Morgan fingerprint density at radius 2 is 1.91 bits per heavy atom. The van der Waals surface area contributed by atoms with Crippen molar-refractivity contribution in [3.05, 3.63) is 94.9 Å². The molecule has 6 heteroatoms. The van der Waals surface area contributed by atoms with Gasteiger partial charge in [0, 0.05) is 43.9 Å². The molecular formula is C26H26N4O2. The molecule has 1 unspecified atom stereocenters. The molecule has 0 saturated heterocycles. The van der Waals surface area contributed by atoms with Crippen LogP contribution in [-0.4, -0.2) is 32.3 Å². The molecule has 162 valence electrons. The molecular weight excluding hydrogens is 400 g/mol. The van der Waals surface area contributed by atoms with Crippen molar-refractivity contribution >= 4 is 5.91 Å². The molecule has 2 aromatic carbocycles. The minimum atomic E-state index is -0.123. The summed E-state index contributed by atoms with van der Waals surface area (Å²) in [7, 11) is 1.91. The smallest absolute Gasteiger partial charge is 0.276 e. The van der Waals surface area contributed by atoms with Crippen LogP contribution >= 0.6 is 0 Å². The highest BCUT2D eigenvalue weighted by molar-refractivity contribution is 5.93. The van der Waals surface area contributed by atoms with Gasteiger partial charge in [-0.2, -0.15) is 5.10 Å². The highest BCUT2D eigenvalue weighted by atomic mass is 16.5. The lowest BCUT2D eigenvalue weighted by molar-refractivity contribution is 0.0714. The molecule has 0 aliphatic carbocycles. The first kappa shape index (κ1) is 20.2. The molecule has 0 fully saturated rings. The van der Waals surface area contributed by atoms with Crippen LogP contribution in [0.4, 0.5) is 0 Å². The molecule has 32 heavy (non-hydrogen) atoms. The third-order valence-electron chi connectivity index (χ3n) is 6.20. The molecule has 5 rings (SSSR count). The van der Waals surface area contributed by atoms with E-state index >= 15 is 0 Å². The van der Waals surface area contributed by atoms with Crippen molar-refractivity contribution in [2.75, 3.05) is 6.54 Å². The van der Waals surface area contributed by atoms with Crippen molar-refractivity contribution in [3.63, 3.8) is 0 Å². The Hall–Kier alpha value is -3.67. The number of hydrogen-bond acceptors (Lipinski definition) is 4. The van der Waals surface area contributed by atoms with Crippen LogP contribution in [0, 0.1) is 0 Å². The fourth-order valence-electron chi connectivity index (χ4n) is 4.37. The van der Waals surface area contributed by atoms with E-state index < -0.39 is 0 Å². The highest BCUT2D eigenvalue weighted by Gasteiger charge is 2.31. The Bertz CT molecular complexity index is 1250. The standard InChI is InChI=1S/C26H26N4O2/c1-17(2)18-8-10-19(11-9-18)25-12-24(28-32-25)26(31)30-15-20-6-4-5-7-22(20)23(16-30)21-13-27-29(3)14-21/h4-14,17,23H,15-16H2,1-3H3. The molecule has 4 aromatic rings. The molecule has 1 aliphatic rings. The summed E-state index contributed by atoms with van der Waals surface area (Å²) in [5, 5.41) is 8.43. The maximum atomic E-state index is 13.4. The van der Waals surface area contributed by atoms with Crippen LogP contribution in [0.5, 0.6) is 0 Å². The second-order valence-corrected chi connectivity index (χ2v) is 8.74. The molecule has 6 nitrogen and oxygen atoms in total. The van der Waals surface area contributed by atoms with Crippen molar-refractivity contribution < 1.29 is 9.32 Å². The number of hydrogen-bond donors (Lipinski definition) is 0. The summed E-state index contributed by atoms with van der Waals surface area (Å²) in [6, 6.07) is 18.2. The van der Waals surface area contributed by atoms with Crippen LogP contribution in [-0.2, 0) is 13.6 Å². The maximum absolute atomic E-state index is 13.4. The van der Waals surface area contributed by atoms with E-state index in [2.05, 4.69) is 48.4 Å². The zero-order chi connectivity index (χ0) is 22.2. The SMILES string of the molecule is CC(C)c1ccc(-c2cc(C(=O)N3Cc4ccccc4C(c4cnn(C)c4)C3)no2)cc1. The predicted octanol–water partition coefficient (Wildman–Crippen LogP) is 4.99. The molecule has 1 atom stereocenters. The Kier molecular flexibility index (Phi) is 5.13. The molecule has 0 spiro atoms. The van der Waals surface area contributed by atoms with E-state index in [0.29, 0.717) is 30.5 Å². The second-order valence-electron chi connectivity index (χ2n) is 8.74. The molecule has 1 amide bonds. The van der Waals surface area contributed by atoms with Gasteiger partial charge in [0.25, 0.3) is 5.91 Å². The molecule has 0 N–H and O–H groups in total. The van der Waals surface area contributed by atoms with E-state index in [1.807, 2.05) is 48.6 Å². The minimum Gasteiger partial charge on any atom is -0.355 e. The number of amides is 1. The maximum Gasteiger partial charge on any atom is 0.276 e. The average molecular weight is 427 g/mol. The van der Waals surface area contributed by atoms with Gasteiger partial charge in [-0.05, 0) is 28.2 Å². The summed E-state index contributed by atoms with van der Waals surface area (Å²) in [6.45, 7) is 5.45. The quantitative estimate of drug-likeness (QED) is 0.461. The first-order valence-corrected chi connectivity index (χ1v) is 10.9. The van der Waals surface area contributed by atoms with Gasteiger partial charge in [-0.25, -0.2) is 0 Å². The lowest BCUT2D eigenvalue weighted by Gasteiger charge is -2.34. The summed E-state index contributed by atoms with van der Waals surface area (Å²) in [4.78, 5) is 15.2. The lowest BCUT2D eigenvalue weighted by Crippen LogP contribution is -2.38. The number of carbonyl (C=O) groups is 1. The monoisotopic (exact) mass is 426 g/mol. The first-order valence-electron chi connectivity index (χ1n) is 10.9. The van der Waals surface area contributed by atoms with Gasteiger partial charge in [-0.3, -0.25) is 9.48 Å². The largest absolute Gasteiger partial charge is 0.355 e. The van der Waals surface area contributed by atoms with Crippen LogP contribution in [0.3, 0.4) is 0 Å². The number of aromatic nitrogens is 3. The van der Waals surface area contributed by atoms with E-state index in [4.69, 9.17) is 4.52 Å². The van der Waals surface area contributed by atoms with Crippen molar-refractivity contribution in [3.8, 4) is 11.3 Å². The number of aryl methyl sites for hydroxylation is 1. The fourth-order valence-corrected chi connectivity index (χ4v) is 4.37. The van der Waals surface area contributed by atoms with Gasteiger partial charge in [0.1, 0.15) is 0 Å². The number of nitrogens with zero attached hydrogens (tertiary/aromatic N) is 4. The minimum absolute atomic E-state index is 0.0764. The zero-order valence-corrected chi connectivity index (χ0v) is 18.5. The molecule has 2 aromatic heterocycles. The van der Waals surface area contributed by atoms with Gasteiger partial charge in [0.05, 0.1) is 6.20 Å². The van der Waals surface area contributed by atoms with Crippen LogP contribution in [0.25, 0.3) is 11.3 Å². The van der Waals surface area contributed by atoms with E-state index in [-0.39, 0.29) is 11.8 Å². The van der Waals surface area contributed by atoms with Gasteiger partial charge in [0.2, 0.25) is 0 Å². The Morgan fingerprint density at radius 3 is 2.62 bits per heavy atom. The van der Waals surface area contributed by atoms with E-state index in [1.165, 1.54) is 11.1 Å². The molecule has 3 heterocycles. The van der Waals surface area contributed by atoms with Crippen LogP contribution in [0.15, 0.2) is 71.5 Å². The summed E-state index contributed by atoms with van der Waals surface area (Å²) >= 11 is 0. The zero-order valence-electron chi connectivity index (χ0n) is 18.5. The second kappa shape index (κ2) is 8.11. The van der Waals surface area contributed by atoms with E-state index in [1.54, 1.807) is 10.7 Å². The Labute approximate surface area is 187 Å². The van der Waals surface area contributed by atoms with Crippen LogP contribution in [0.2, 0.25) is 0 Å². The number of rotatable bonds is 4. The van der Waals surface area contributed by atoms with Gasteiger partial charge in [0.15, 0.2) is 11.5 Å². The summed E-state index contributed by atoms with van der Waals surface area (Å²) in [5.41, 5.74) is 6.00. The average Bonchev–Trinajstić information content (AvgIpc) is 3.47. The van der Waals surface area contributed by atoms with Gasteiger partial charge < -0.3 is 9.42 Å². The molecule has 1 aliphatic heterocycles. The van der Waals surface area contributed by atoms with Gasteiger partial charge in [-0.1, -0.05) is 67.5 Å². The van der Waals surface area contributed by atoms with Crippen LogP contribution in [0.1, 0.15) is 58.4 Å². The lowest BCUT2D eigenvalue weighted by atomic mass is 9.86. The molecule has 0 bridgehead atoms. The van der Waals surface area contributed by atoms with Gasteiger partial charge >= 0.3 is 0 Å². The predicted molar refractivity (Wildman–Crippen MR) is 122 cm³/mol. The Balaban J connectivity index is 1.41. The normalized spacial score (nSPS) is 15.8. The van der Waals surface area contributed by atoms with E-state index in [9.17, 15) is 4.79 Å². The Morgan fingerprint density at radius 1 is 1.12 bits per heavy atom. The first-order chi connectivity index (χ1) is 15.5. The summed E-state index contributed by atoms with van der Waals surface area (Å²) in [6.07, 6.45) is 3.90. The molecule has 0 saturated carbocycles. The van der Waals surface area contributed by atoms with Crippen molar-refractivity contribution in [1.29, 1.82) is 0 Å². The third-order valence-corrected chi connectivity index (χ3v) is 6.20. The number of carbonyl (C=O) groups excluding carboxylic acids is 1. The summed E-state index contributed by atoms with van der Waals surface area (Å²) < 4.78 is 7.34.